The van der Waals surface area contributed by atoms with E-state index in [4.69, 9.17) is 0 Å². The molecule has 0 heterocycles. The van der Waals surface area contributed by atoms with E-state index < -0.39 is 0 Å². The average molecular weight is 161 g/mol. The molecule has 1 rings (SSSR count). The van der Waals surface area contributed by atoms with Crippen LogP contribution in [-0.4, -0.2) is 18.0 Å². The Balaban J connectivity index is 0.000000360. The summed E-state index contributed by atoms with van der Waals surface area (Å²) in [6.45, 7) is 0. The normalized spacial score (nSPS) is 20.6. The van der Waals surface area contributed by atoms with Gasteiger partial charge in [-0.1, -0.05) is 32.1 Å². The van der Waals surface area contributed by atoms with Crippen molar-refractivity contribution >= 4 is 18.0 Å². The molecule has 0 bridgehead atoms. The van der Waals surface area contributed by atoms with Gasteiger partial charge in [-0.2, -0.15) is 0 Å². The van der Waals surface area contributed by atoms with Crippen molar-refractivity contribution in [2.45, 2.75) is 32.1 Å². The predicted molar refractivity (Wildman–Crippen MR) is 37.3 cm³/mol. The van der Waals surface area contributed by atoms with Crippen molar-refractivity contribution in [3.8, 4) is 0 Å². The molecule has 43 valence electrons. The minimum atomic E-state index is 0. The fraction of sp³-hybridized carbons (Fsp3) is 0.833. The first kappa shape index (κ1) is 7.56. The topological polar surface area (TPSA) is 0 Å². The molecule has 1 fully saturated rings. The van der Waals surface area contributed by atoms with Crippen LogP contribution in [0.1, 0.15) is 32.1 Å². The fourth-order valence-electron chi connectivity index (χ4n) is 0.898. The summed E-state index contributed by atoms with van der Waals surface area (Å²) in [5.41, 5.74) is 0. The maximum absolute atomic E-state index is 2.39. The summed E-state index contributed by atoms with van der Waals surface area (Å²) >= 11 is 0. The molecular weight excluding hydrogens is 147 g/mol. The first-order valence-electron chi connectivity index (χ1n) is 2.82. The molecule has 0 aromatic heterocycles. The predicted octanol–water partition coefficient (Wildman–Crippen LogP) is 0.971. The van der Waals surface area contributed by atoms with Crippen LogP contribution in [-0.2, 0) is 0 Å². The van der Waals surface area contributed by atoms with E-state index in [1.54, 1.807) is 0 Å². The van der Waals surface area contributed by atoms with Crippen LogP contribution in [0.3, 0.4) is 0 Å². The third kappa shape index (κ3) is 3.17. The van der Waals surface area contributed by atoms with Crippen LogP contribution in [0.25, 0.3) is 0 Å². The van der Waals surface area contributed by atoms with E-state index in [1.165, 1.54) is 32.1 Å². The van der Waals surface area contributed by atoms with E-state index >= 15 is 0 Å². The molecule has 1 radical (unpaired) electrons. The molecule has 0 N–H and O–H groups in total. The van der Waals surface area contributed by atoms with Crippen LogP contribution >= 0.6 is 0 Å². The number of rotatable bonds is 0. The summed E-state index contributed by atoms with van der Waals surface area (Å²) in [7, 11) is 0. The van der Waals surface area contributed by atoms with Gasteiger partial charge >= 0.3 is 18.0 Å². The van der Waals surface area contributed by atoms with Crippen LogP contribution in [0.5, 0.6) is 0 Å². The van der Waals surface area contributed by atoms with Crippen molar-refractivity contribution in [3.63, 3.8) is 0 Å². The minimum Gasteiger partial charge on any atom is -0.0533 e. The monoisotopic (exact) mass is 161 g/mol. The van der Waals surface area contributed by atoms with Gasteiger partial charge in [0.2, 0.25) is 0 Å². The maximum atomic E-state index is 2.39. The molecule has 1 aliphatic rings. The van der Waals surface area contributed by atoms with Gasteiger partial charge in [0, 0.05) is 0 Å². The molecule has 1 heteroatoms. The number of hydrogen-bond donors (Lipinski definition) is 0. The van der Waals surface area contributed by atoms with E-state index in [9.17, 15) is 0 Å². The second kappa shape index (κ2) is 4.71. The largest absolute Gasteiger partial charge is 0.0533 e. The Morgan fingerprint density at radius 2 is 1.43 bits per heavy atom. The average Bonchev–Trinajstić information content (AvgIpc) is 1.72. The molecule has 0 aliphatic heterocycles. The van der Waals surface area contributed by atoms with Gasteiger partial charge in [-0.25, -0.2) is 0 Å². The molecule has 1 atom stereocenters. The van der Waals surface area contributed by atoms with Crippen LogP contribution in [0, 0.1) is 6.42 Å². The third-order valence-corrected chi connectivity index (χ3v) is 1.32. The summed E-state index contributed by atoms with van der Waals surface area (Å²) in [6.07, 6.45) is 9.50. The van der Waals surface area contributed by atoms with Crippen LogP contribution in [0.4, 0.5) is 0 Å². The smallest absolute Gasteiger partial charge is 0.0386 e. The van der Waals surface area contributed by atoms with Gasteiger partial charge in [0.05, 0.1) is 0 Å². The summed E-state index contributed by atoms with van der Waals surface area (Å²) in [5, 5.41) is 0. The second-order valence-corrected chi connectivity index (χ2v) is 1.93. The van der Waals surface area contributed by atoms with Gasteiger partial charge in [0.15, 0.2) is 0 Å². The molecule has 0 saturated heterocycles. The molecule has 0 spiro atoms. The van der Waals surface area contributed by atoms with Crippen molar-refractivity contribution in [2.24, 2.45) is 0 Å². The molecule has 0 aromatic rings. The Kier molecular flexibility index (Phi) is 5.09. The Bertz CT molecular complexity index is 19.7. The summed E-state index contributed by atoms with van der Waals surface area (Å²) in [5.74, 6) is 0. The summed E-state index contributed by atoms with van der Waals surface area (Å²) in [4.78, 5) is 0. The summed E-state index contributed by atoms with van der Waals surface area (Å²) in [6, 6.07) is 0. The van der Waals surface area contributed by atoms with Crippen LogP contribution < -0.4 is 0 Å². The fourth-order valence-corrected chi connectivity index (χ4v) is 0.898. The quantitative estimate of drug-likeness (QED) is 0.464. The van der Waals surface area contributed by atoms with Crippen molar-refractivity contribution in [2.75, 3.05) is 0 Å². The zero-order valence-corrected chi connectivity index (χ0v) is 7.79. The van der Waals surface area contributed by atoms with Gasteiger partial charge in [-0.3, -0.25) is 0 Å². The Labute approximate surface area is 57.0 Å². The maximum Gasteiger partial charge on any atom is -0.0386 e. The Hall–Kier alpha value is 0.558. The van der Waals surface area contributed by atoms with Crippen molar-refractivity contribution < 1.29 is 0 Å². The van der Waals surface area contributed by atoms with Crippen molar-refractivity contribution in [1.82, 2.24) is 0 Å². The van der Waals surface area contributed by atoms with E-state index in [0.29, 0.717) is 0 Å². The molecule has 0 aromatic carbocycles. The van der Waals surface area contributed by atoms with Crippen LogP contribution in [0.15, 0.2) is 0 Å². The van der Waals surface area contributed by atoms with E-state index in [0.717, 1.165) is 0 Å². The zero-order valence-electron chi connectivity index (χ0n) is 4.82. The first-order valence-corrected chi connectivity index (χ1v) is 2.82. The molecule has 1 aliphatic carbocycles. The zero-order chi connectivity index (χ0) is 4.24. The van der Waals surface area contributed by atoms with E-state index in [1.807, 2.05) is 0 Å². The van der Waals surface area contributed by atoms with Crippen molar-refractivity contribution in [3.05, 3.63) is 6.42 Å². The van der Waals surface area contributed by atoms with Gasteiger partial charge in [-0.05, 0) is 6.42 Å². The van der Waals surface area contributed by atoms with Gasteiger partial charge in [0.1, 0.15) is 0 Å². The minimum absolute atomic E-state index is 0. The third-order valence-electron chi connectivity index (χ3n) is 1.32. The molecule has 0 amide bonds. The Morgan fingerprint density at radius 3 is 1.57 bits per heavy atom. The summed E-state index contributed by atoms with van der Waals surface area (Å²) < 4.78 is 0. The van der Waals surface area contributed by atoms with Crippen molar-refractivity contribution in [1.29, 1.82) is 0 Å². The molecule has 0 nitrogen and oxygen atoms in total. The molecule has 1 saturated carbocycles. The Morgan fingerprint density at radius 1 is 0.857 bits per heavy atom. The van der Waals surface area contributed by atoms with Gasteiger partial charge in [-0.15, -0.1) is 0 Å². The number of hydrogen-bond acceptors (Lipinski definition) is 0. The standard InChI is InChI=1S/C6H11.AsH3/c1-2-4-6-5-3-1;/h1H,2-6H2;1H3. The molecule has 1 unspecified atom stereocenters. The molecular formula is C6H14As. The molecule has 7 heavy (non-hydrogen) atoms. The van der Waals surface area contributed by atoms with E-state index in [2.05, 4.69) is 6.42 Å². The first-order chi connectivity index (χ1) is 3.00. The van der Waals surface area contributed by atoms with Gasteiger partial charge in [0.25, 0.3) is 0 Å². The SMILES string of the molecule is [AsH3].[CH]1CCCCC1. The van der Waals surface area contributed by atoms with E-state index in [-0.39, 0.29) is 18.0 Å². The van der Waals surface area contributed by atoms with Gasteiger partial charge < -0.3 is 0 Å². The second-order valence-electron chi connectivity index (χ2n) is 1.93. The van der Waals surface area contributed by atoms with Crippen LogP contribution in [0.2, 0.25) is 0 Å².